The largest absolute Gasteiger partial charge is 0.316 e. The number of benzene rings is 1. The second kappa shape index (κ2) is 5.22. The zero-order chi connectivity index (χ0) is 15.3. The highest BCUT2D eigenvalue weighted by Crippen LogP contribution is 2.41. The molecular formula is C18H30N2Si. The Labute approximate surface area is 130 Å². The first-order valence-corrected chi connectivity index (χ1v) is 11.8. The second-order valence-electron chi connectivity index (χ2n) is 8.51. The van der Waals surface area contributed by atoms with E-state index in [0.717, 1.165) is 18.4 Å². The molecule has 1 aromatic rings. The van der Waals surface area contributed by atoms with Crippen molar-refractivity contribution in [1.29, 1.82) is 0 Å². The van der Waals surface area contributed by atoms with E-state index in [1.807, 2.05) is 0 Å². The molecule has 116 valence electrons. The van der Waals surface area contributed by atoms with E-state index in [0.29, 0.717) is 5.54 Å². The van der Waals surface area contributed by atoms with Gasteiger partial charge in [0.1, 0.15) is 0 Å². The van der Waals surface area contributed by atoms with Gasteiger partial charge in [-0.2, -0.15) is 0 Å². The third kappa shape index (κ3) is 2.83. The lowest BCUT2D eigenvalue weighted by Crippen LogP contribution is -2.44. The van der Waals surface area contributed by atoms with E-state index >= 15 is 0 Å². The monoisotopic (exact) mass is 302 g/mol. The van der Waals surface area contributed by atoms with Crippen molar-refractivity contribution in [3.63, 3.8) is 0 Å². The number of nitrogens with zero attached hydrogens (tertiary/aromatic N) is 1. The fourth-order valence-corrected chi connectivity index (χ4v) is 5.27. The maximum atomic E-state index is 3.57. The van der Waals surface area contributed by atoms with Crippen LogP contribution in [-0.4, -0.2) is 38.1 Å². The lowest BCUT2D eigenvalue weighted by Gasteiger charge is -2.35. The summed E-state index contributed by atoms with van der Waals surface area (Å²) in [4.78, 5) is 2.70. The molecule has 2 aliphatic rings. The van der Waals surface area contributed by atoms with Gasteiger partial charge in [0, 0.05) is 25.2 Å². The molecule has 0 spiro atoms. The summed E-state index contributed by atoms with van der Waals surface area (Å²) in [5.41, 5.74) is 1.80. The fourth-order valence-electron chi connectivity index (χ4n) is 4.10. The van der Waals surface area contributed by atoms with Gasteiger partial charge < -0.3 is 5.32 Å². The minimum absolute atomic E-state index is 0.325. The van der Waals surface area contributed by atoms with E-state index in [-0.39, 0.29) is 0 Å². The molecule has 2 fully saturated rings. The fraction of sp³-hybridized carbons (Fsp3) is 0.667. The molecule has 2 atom stereocenters. The third-order valence-electron chi connectivity index (χ3n) is 5.71. The Morgan fingerprint density at radius 3 is 2.38 bits per heavy atom. The summed E-state index contributed by atoms with van der Waals surface area (Å²) in [5.74, 6) is 1.67. The molecule has 0 amide bonds. The summed E-state index contributed by atoms with van der Waals surface area (Å²) in [6.07, 6.45) is 0. The number of rotatable bonds is 3. The molecule has 0 aliphatic carbocycles. The highest BCUT2D eigenvalue weighted by atomic mass is 28.3. The van der Waals surface area contributed by atoms with Crippen LogP contribution < -0.4 is 10.5 Å². The van der Waals surface area contributed by atoms with E-state index in [1.54, 1.807) is 5.19 Å². The topological polar surface area (TPSA) is 15.3 Å². The summed E-state index contributed by atoms with van der Waals surface area (Å²) in [6, 6.07) is 9.45. The molecular weight excluding hydrogens is 272 g/mol. The predicted octanol–water partition coefficient (Wildman–Crippen LogP) is 2.66. The number of nitrogens with one attached hydrogen (secondary N) is 1. The molecule has 2 saturated heterocycles. The molecule has 2 heterocycles. The first-order valence-electron chi connectivity index (χ1n) is 8.33. The Balaban J connectivity index is 1.72. The summed E-state index contributed by atoms with van der Waals surface area (Å²) >= 11 is 0. The van der Waals surface area contributed by atoms with Crippen LogP contribution in [0.15, 0.2) is 24.3 Å². The van der Waals surface area contributed by atoms with E-state index in [2.05, 4.69) is 68.0 Å². The highest BCUT2D eigenvalue weighted by Gasteiger charge is 2.49. The standard InChI is InChI=1S/C18H30N2Si/c1-18(2)17-11-19-10-15(17)13-20(18)12-14-6-8-16(9-7-14)21(3,4)5/h6-9,15,17,19H,10-13H2,1-5H3. The van der Waals surface area contributed by atoms with Crippen LogP contribution in [0.1, 0.15) is 19.4 Å². The average Bonchev–Trinajstić information content (AvgIpc) is 2.93. The van der Waals surface area contributed by atoms with Crippen molar-refractivity contribution in [1.82, 2.24) is 10.2 Å². The number of fused-ring (bicyclic) bond motifs is 1. The molecule has 0 saturated carbocycles. The van der Waals surface area contributed by atoms with Gasteiger partial charge in [0.15, 0.2) is 0 Å². The SMILES string of the molecule is CC1(C)C2CNCC2CN1Cc1ccc([Si](C)(C)C)cc1. The van der Waals surface area contributed by atoms with Gasteiger partial charge in [0.2, 0.25) is 0 Å². The van der Waals surface area contributed by atoms with Crippen molar-refractivity contribution < 1.29 is 0 Å². The second-order valence-corrected chi connectivity index (χ2v) is 13.6. The van der Waals surface area contributed by atoms with E-state index in [9.17, 15) is 0 Å². The Morgan fingerprint density at radius 1 is 1.14 bits per heavy atom. The van der Waals surface area contributed by atoms with Gasteiger partial charge in [-0.15, -0.1) is 0 Å². The van der Waals surface area contributed by atoms with Crippen molar-refractivity contribution >= 4 is 13.3 Å². The molecule has 2 unspecified atom stereocenters. The first kappa shape index (κ1) is 15.3. The van der Waals surface area contributed by atoms with Gasteiger partial charge >= 0.3 is 0 Å². The van der Waals surface area contributed by atoms with Crippen LogP contribution in [0, 0.1) is 11.8 Å². The van der Waals surface area contributed by atoms with Crippen molar-refractivity contribution in [2.45, 2.75) is 45.6 Å². The summed E-state index contributed by atoms with van der Waals surface area (Å²) in [7, 11) is -1.17. The van der Waals surface area contributed by atoms with Crippen LogP contribution in [0.3, 0.4) is 0 Å². The van der Waals surface area contributed by atoms with Crippen LogP contribution in [0.2, 0.25) is 19.6 Å². The normalized spacial score (nSPS) is 28.8. The lowest BCUT2D eigenvalue weighted by molar-refractivity contribution is 0.132. The van der Waals surface area contributed by atoms with Gasteiger partial charge in [-0.1, -0.05) is 49.1 Å². The van der Waals surface area contributed by atoms with Gasteiger partial charge in [0.25, 0.3) is 0 Å². The molecule has 3 heteroatoms. The number of likely N-dealkylation sites (tertiary alicyclic amines) is 1. The average molecular weight is 303 g/mol. The molecule has 1 N–H and O–H groups in total. The molecule has 0 radical (unpaired) electrons. The quantitative estimate of drug-likeness (QED) is 0.864. The summed E-state index contributed by atoms with van der Waals surface area (Å²) in [5, 5.41) is 5.13. The van der Waals surface area contributed by atoms with E-state index < -0.39 is 8.07 Å². The van der Waals surface area contributed by atoms with Crippen LogP contribution in [0.25, 0.3) is 0 Å². The van der Waals surface area contributed by atoms with E-state index in [4.69, 9.17) is 0 Å². The Kier molecular flexibility index (Phi) is 3.79. The van der Waals surface area contributed by atoms with Crippen molar-refractivity contribution in [2.75, 3.05) is 19.6 Å². The molecule has 0 bridgehead atoms. The molecule has 3 rings (SSSR count). The van der Waals surface area contributed by atoms with Crippen LogP contribution >= 0.6 is 0 Å². The van der Waals surface area contributed by atoms with Gasteiger partial charge in [-0.25, -0.2) is 0 Å². The molecule has 1 aromatic carbocycles. The van der Waals surface area contributed by atoms with E-state index in [1.165, 1.54) is 25.2 Å². The van der Waals surface area contributed by atoms with Gasteiger partial charge in [0.05, 0.1) is 8.07 Å². The Hall–Kier alpha value is -0.643. The Morgan fingerprint density at radius 2 is 1.81 bits per heavy atom. The van der Waals surface area contributed by atoms with Crippen LogP contribution in [-0.2, 0) is 6.54 Å². The maximum Gasteiger partial charge on any atom is 0.0775 e. The molecule has 21 heavy (non-hydrogen) atoms. The zero-order valence-corrected chi connectivity index (χ0v) is 15.2. The maximum absolute atomic E-state index is 3.57. The molecule has 2 nitrogen and oxygen atoms in total. The summed E-state index contributed by atoms with van der Waals surface area (Å²) in [6.45, 7) is 16.9. The van der Waals surface area contributed by atoms with Crippen molar-refractivity contribution in [2.24, 2.45) is 11.8 Å². The van der Waals surface area contributed by atoms with Gasteiger partial charge in [-0.05, 0) is 37.8 Å². The predicted molar refractivity (Wildman–Crippen MR) is 93.8 cm³/mol. The zero-order valence-electron chi connectivity index (χ0n) is 14.2. The number of hydrogen-bond acceptors (Lipinski definition) is 2. The van der Waals surface area contributed by atoms with Crippen molar-refractivity contribution in [3.8, 4) is 0 Å². The minimum atomic E-state index is -1.17. The highest BCUT2D eigenvalue weighted by molar-refractivity contribution is 6.88. The Bertz CT molecular complexity index is 501. The van der Waals surface area contributed by atoms with Gasteiger partial charge in [-0.3, -0.25) is 4.90 Å². The number of hydrogen-bond donors (Lipinski definition) is 1. The van der Waals surface area contributed by atoms with Crippen molar-refractivity contribution in [3.05, 3.63) is 29.8 Å². The summed E-state index contributed by atoms with van der Waals surface area (Å²) < 4.78 is 0. The third-order valence-corrected chi connectivity index (χ3v) is 7.78. The first-order chi connectivity index (χ1) is 9.78. The minimum Gasteiger partial charge on any atom is -0.316 e. The molecule has 2 aliphatic heterocycles. The smallest absolute Gasteiger partial charge is 0.0775 e. The molecule has 0 aromatic heterocycles. The lowest BCUT2D eigenvalue weighted by atomic mass is 9.85. The van der Waals surface area contributed by atoms with Crippen LogP contribution in [0.5, 0.6) is 0 Å². The van der Waals surface area contributed by atoms with Crippen LogP contribution in [0.4, 0.5) is 0 Å².